The first kappa shape index (κ1) is 23.2. The van der Waals surface area contributed by atoms with E-state index in [9.17, 15) is 31.5 Å². The van der Waals surface area contributed by atoms with Gasteiger partial charge in [0.2, 0.25) is 5.88 Å². The van der Waals surface area contributed by atoms with Crippen LogP contribution in [-0.4, -0.2) is 40.4 Å². The molecule has 0 radical (unpaired) electrons. The van der Waals surface area contributed by atoms with Crippen molar-refractivity contribution in [2.75, 3.05) is 6.61 Å². The van der Waals surface area contributed by atoms with E-state index in [4.69, 9.17) is 0 Å². The molecule has 0 saturated carbocycles. The van der Waals surface area contributed by atoms with Crippen LogP contribution in [0.3, 0.4) is 0 Å². The summed E-state index contributed by atoms with van der Waals surface area (Å²) in [7, 11) is 0. The van der Waals surface area contributed by atoms with Crippen molar-refractivity contribution < 1.29 is 36.3 Å². The number of ether oxygens (including phenoxy) is 1. The number of hydrogen-bond acceptors (Lipinski definition) is 5. The number of alkyl halides is 5. The lowest BCUT2D eigenvalue weighted by molar-refractivity contribution is -0.290. The van der Waals surface area contributed by atoms with Gasteiger partial charge in [0.1, 0.15) is 5.78 Å². The molecule has 0 aliphatic heterocycles. The molecule has 162 valence electrons. The highest BCUT2D eigenvalue weighted by atomic mass is 19.4. The average molecular weight is 431 g/mol. The van der Waals surface area contributed by atoms with E-state index >= 15 is 0 Å². The Labute approximate surface area is 168 Å². The molecule has 0 unspecified atom stereocenters. The van der Waals surface area contributed by atoms with Crippen LogP contribution >= 0.6 is 0 Å². The molecule has 0 bridgehead atoms. The number of aromatic nitrogens is 2. The standard InChI is InChI=1S/C19H18F5N3O3/c1-2-15(28)8-14-7-13(5-6-25-14)17(29)27-10-12-3-4-16(26-9-12)30-11-18(20,21)19(22,23)24/h3-7,9H,2,8,10-11H2,1H3,(H,27,29). The molecule has 6 nitrogen and oxygen atoms in total. The van der Waals surface area contributed by atoms with Crippen molar-refractivity contribution in [2.45, 2.75) is 38.4 Å². The Balaban J connectivity index is 1.90. The van der Waals surface area contributed by atoms with Gasteiger partial charge in [-0.2, -0.15) is 22.0 Å². The fraction of sp³-hybridized carbons (Fsp3) is 0.368. The fourth-order valence-corrected chi connectivity index (χ4v) is 2.17. The summed E-state index contributed by atoms with van der Waals surface area (Å²) in [5.41, 5.74) is 1.23. The third kappa shape index (κ3) is 6.46. The number of pyridine rings is 2. The van der Waals surface area contributed by atoms with Crippen LogP contribution in [-0.2, 0) is 17.8 Å². The van der Waals surface area contributed by atoms with Gasteiger partial charge in [-0.25, -0.2) is 4.98 Å². The van der Waals surface area contributed by atoms with Crippen molar-refractivity contribution >= 4 is 11.7 Å². The number of amides is 1. The minimum Gasteiger partial charge on any atom is -0.471 e. The molecular formula is C19H18F5N3O3. The van der Waals surface area contributed by atoms with Gasteiger partial charge in [0.25, 0.3) is 5.91 Å². The maximum atomic E-state index is 12.8. The van der Waals surface area contributed by atoms with Crippen LogP contribution in [0.25, 0.3) is 0 Å². The Morgan fingerprint density at radius 2 is 1.83 bits per heavy atom. The molecule has 0 aromatic carbocycles. The molecule has 11 heteroatoms. The van der Waals surface area contributed by atoms with Crippen LogP contribution < -0.4 is 10.1 Å². The molecule has 0 aliphatic carbocycles. The second kappa shape index (κ2) is 9.59. The van der Waals surface area contributed by atoms with Gasteiger partial charge in [0, 0.05) is 49.1 Å². The summed E-state index contributed by atoms with van der Waals surface area (Å²) >= 11 is 0. The van der Waals surface area contributed by atoms with Gasteiger partial charge in [-0.15, -0.1) is 0 Å². The highest BCUT2D eigenvalue weighted by Crippen LogP contribution is 2.35. The largest absolute Gasteiger partial charge is 0.471 e. The first-order valence-electron chi connectivity index (χ1n) is 8.79. The Morgan fingerprint density at radius 1 is 1.10 bits per heavy atom. The average Bonchev–Trinajstić information content (AvgIpc) is 2.70. The Bertz CT molecular complexity index is 886. The van der Waals surface area contributed by atoms with Crippen molar-refractivity contribution in [2.24, 2.45) is 0 Å². The number of carbonyl (C=O) groups excluding carboxylic acids is 2. The molecule has 2 aromatic heterocycles. The summed E-state index contributed by atoms with van der Waals surface area (Å²) in [6, 6.07) is 5.46. The third-order valence-electron chi connectivity index (χ3n) is 3.92. The zero-order valence-electron chi connectivity index (χ0n) is 15.8. The van der Waals surface area contributed by atoms with Crippen LogP contribution in [0.1, 0.15) is 35.0 Å². The van der Waals surface area contributed by atoms with Crippen molar-refractivity contribution in [3.8, 4) is 5.88 Å². The number of carbonyl (C=O) groups is 2. The zero-order valence-corrected chi connectivity index (χ0v) is 15.8. The number of rotatable bonds is 9. The number of nitrogens with zero attached hydrogens (tertiary/aromatic N) is 2. The molecule has 0 spiro atoms. The monoisotopic (exact) mass is 431 g/mol. The predicted octanol–water partition coefficient (Wildman–Crippen LogP) is 3.50. The second-order valence-corrected chi connectivity index (χ2v) is 6.28. The Kier molecular flexibility index (Phi) is 7.41. The first-order valence-corrected chi connectivity index (χ1v) is 8.79. The van der Waals surface area contributed by atoms with Crippen LogP contribution in [0.15, 0.2) is 36.7 Å². The minimum absolute atomic E-state index is 0.0126. The van der Waals surface area contributed by atoms with E-state index in [0.29, 0.717) is 23.2 Å². The van der Waals surface area contributed by atoms with Gasteiger partial charge in [0.15, 0.2) is 6.61 Å². The lowest BCUT2D eigenvalue weighted by Crippen LogP contribution is -2.41. The lowest BCUT2D eigenvalue weighted by atomic mass is 10.1. The third-order valence-corrected chi connectivity index (χ3v) is 3.92. The van der Waals surface area contributed by atoms with Crippen molar-refractivity contribution in [3.63, 3.8) is 0 Å². The molecule has 2 heterocycles. The van der Waals surface area contributed by atoms with Gasteiger partial charge < -0.3 is 10.1 Å². The maximum Gasteiger partial charge on any atom is 0.456 e. The molecule has 2 rings (SSSR count). The van der Waals surface area contributed by atoms with Gasteiger partial charge in [-0.1, -0.05) is 13.0 Å². The molecule has 0 aliphatic rings. The van der Waals surface area contributed by atoms with Crippen LogP contribution in [0.2, 0.25) is 0 Å². The predicted molar refractivity (Wildman–Crippen MR) is 95.1 cm³/mol. The van der Waals surface area contributed by atoms with Crippen molar-refractivity contribution in [1.29, 1.82) is 0 Å². The van der Waals surface area contributed by atoms with Gasteiger partial charge in [0.05, 0.1) is 0 Å². The number of Topliss-reactive ketones (excluding diaryl/α,β-unsaturated/α-hetero) is 1. The summed E-state index contributed by atoms with van der Waals surface area (Å²) < 4.78 is 66.4. The highest BCUT2D eigenvalue weighted by Gasteiger charge is 2.58. The lowest BCUT2D eigenvalue weighted by Gasteiger charge is -2.19. The number of halogens is 5. The molecule has 0 saturated heterocycles. The quantitative estimate of drug-likeness (QED) is 0.615. The summed E-state index contributed by atoms with van der Waals surface area (Å²) in [6.07, 6.45) is -2.64. The topological polar surface area (TPSA) is 81.2 Å². The normalized spacial score (nSPS) is 11.8. The Hall–Kier alpha value is -3.11. The number of hydrogen-bond donors (Lipinski definition) is 1. The van der Waals surface area contributed by atoms with E-state index in [0.717, 1.165) is 6.07 Å². The van der Waals surface area contributed by atoms with E-state index in [1.165, 1.54) is 30.6 Å². The van der Waals surface area contributed by atoms with Crippen molar-refractivity contribution in [3.05, 3.63) is 53.5 Å². The van der Waals surface area contributed by atoms with E-state index in [1.807, 2.05) is 0 Å². The Morgan fingerprint density at radius 3 is 2.43 bits per heavy atom. The summed E-state index contributed by atoms with van der Waals surface area (Å²) in [6.45, 7) is -0.133. The van der Waals surface area contributed by atoms with Gasteiger partial charge >= 0.3 is 12.1 Å². The second-order valence-electron chi connectivity index (χ2n) is 6.28. The van der Waals surface area contributed by atoms with E-state index in [2.05, 4.69) is 20.0 Å². The van der Waals surface area contributed by atoms with Crippen LogP contribution in [0.4, 0.5) is 22.0 Å². The molecule has 1 amide bonds. The molecule has 30 heavy (non-hydrogen) atoms. The fourth-order valence-electron chi connectivity index (χ4n) is 2.17. The van der Waals surface area contributed by atoms with Crippen LogP contribution in [0, 0.1) is 0 Å². The first-order chi connectivity index (χ1) is 14.0. The zero-order chi connectivity index (χ0) is 22.4. The minimum atomic E-state index is -5.71. The molecule has 0 atom stereocenters. The highest BCUT2D eigenvalue weighted by molar-refractivity contribution is 5.94. The van der Waals surface area contributed by atoms with E-state index in [1.54, 1.807) is 6.92 Å². The molecule has 2 aromatic rings. The number of nitrogens with one attached hydrogen (secondary N) is 1. The summed E-state index contributed by atoms with van der Waals surface area (Å²) in [5.74, 6) is -5.85. The summed E-state index contributed by atoms with van der Waals surface area (Å²) in [4.78, 5) is 31.4. The molecule has 1 N–H and O–H groups in total. The van der Waals surface area contributed by atoms with Crippen molar-refractivity contribution in [1.82, 2.24) is 15.3 Å². The smallest absolute Gasteiger partial charge is 0.456 e. The van der Waals surface area contributed by atoms with E-state index in [-0.39, 0.29) is 18.7 Å². The SMILES string of the molecule is CCC(=O)Cc1cc(C(=O)NCc2ccc(OCC(F)(F)C(F)(F)F)nc2)ccn1. The van der Waals surface area contributed by atoms with Gasteiger partial charge in [-0.05, 0) is 17.7 Å². The number of ketones is 1. The van der Waals surface area contributed by atoms with Crippen LogP contribution in [0.5, 0.6) is 5.88 Å². The van der Waals surface area contributed by atoms with E-state index < -0.39 is 30.5 Å². The maximum absolute atomic E-state index is 12.8. The summed E-state index contributed by atoms with van der Waals surface area (Å²) in [5, 5.41) is 2.60. The molecule has 0 fully saturated rings. The van der Waals surface area contributed by atoms with Gasteiger partial charge in [-0.3, -0.25) is 14.6 Å². The molecular weight excluding hydrogens is 413 g/mol.